The van der Waals surface area contributed by atoms with E-state index in [1.807, 2.05) is 0 Å². The summed E-state index contributed by atoms with van der Waals surface area (Å²) in [6.07, 6.45) is 6.39. The normalized spacial score (nSPS) is 20.1. The molecule has 1 aliphatic rings. The molecule has 0 heterocycles. The fraction of sp³-hybridized carbons (Fsp3) is 0.917. The fourth-order valence-corrected chi connectivity index (χ4v) is 2.17. The van der Waals surface area contributed by atoms with E-state index >= 15 is 0 Å². The molecule has 0 bridgehead atoms. The highest BCUT2D eigenvalue weighted by Crippen LogP contribution is 2.31. The molecule has 1 saturated carbocycles. The third-order valence-electron chi connectivity index (χ3n) is 2.75. The Hall–Kier alpha value is -0.530. The minimum Gasteiger partial charge on any atom is -0.399 e. The molecule has 0 aromatic heterocycles. The maximum atomic E-state index is 4.95. The first-order valence-corrected chi connectivity index (χ1v) is 5.63. The van der Waals surface area contributed by atoms with Gasteiger partial charge in [-0.2, -0.15) is 0 Å². The molecule has 14 heavy (non-hydrogen) atoms. The van der Waals surface area contributed by atoms with E-state index in [1.54, 1.807) is 7.11 Å². The van der Waals surface area contributed by atoms with Gasteiger partial charge in [-0.1, -0.05) is 38.8 Å². The quantitative estimate of drug-likeness (QED) is 0.500. The van der Waals surface area contributed by atoms with Crippen LogP contribution in [-0.2, 0) is 4.84 Å². The van der Waals surface area contributed by atoms with Crippen molar-refractivity contribution in [1.29, 1.82) is 0 Å². The lowest BCUT2D eigenvalue weighted by atomic mass is 9.84. The lowest BCUT2D eigenvalue weighted by Gasteiger charge is -2.22. The van der Waals surface area contributed by atoms with Crippen LogP contribution in [0.1, 0.15) is 52.9 Å². The van der Waals surface area contributed by atoms with Gasteiger partial charge in [0.2, 0.25) is 0 Å². The van der Waals surface area contributed by atoms with Gasteiger partial charge in [-0.3, -0.25) is 0 Å². The molecule has 82 valence electrons. The predicted octanol–water partition coefficient (Wildman–Crippen LogP) is 3.62. The molecule has 0 aliphatic heterocycles. The standard InChI is InChI=1S/C12H23NO/c1-12(2,3)9-11(13-14-4)10-7-5-6-8-10/h10H,5-9H2,1-4H3. The number of rotatable bonds is 3. The van der Waals surface area contributed by atoms with Gasteiger partial charge in [0.25, 0.3) is 0 Å². The highest BCUT2D eigenvalue weighted by Gasteiger charge is 2.25. The van der Waals surface area contributed by atoms with Crippen molar-refractivity contribution in [3.05, 3.63) is 0 Å². The van der Waals surface area contributed by atoms with Crippen LogP contribution in [-0.4, -0.2) is 12.8 Å². The van der Waals surface area contributed by atoms with Gasteiger partial charge in [-0.25, -0.2) is 0 Å². The Kier molecular flexibility index (Phi) is 3.97. The molecule has 0 N–H and O–H groups in total. The molecule has 1 rings (SSSR count). The lowest BCUT2D eigenvalue weighted by molar-refractivity contribution is 0.208. The second kappa shape index (κ2) is 4.81. The molecular formula is C12H23NO. The van der Waals surface area contributed by atoms with Crippen LogP contribution >= 0.6 is 0 Å². The molecule has 0 unspecified atom stereocenters. The summed E-state index contributed by atoms with van der Waals surface area (Å²) in [7, 11) is 1.65. The van der Waals surface area contributed by atoms with Crippen molar-refractivity contribution >= 4 is 5.71 Å². The van der Waals surface area contributed by atoms with Crippen LogP contribution in [0.15, 0.2) is 5.16 Å². The van der Waals surface area contributed by atoms with Gasteiger partial charge in [-0.05, 0) is 24.7 Å². The molecule has 1 aliphatic carbocycles. The third-order valence-corrected chi connectivity index (χ3v) is 2.75. The predicted molar refractivity (Wildman–Crippen MR) is 60.5 cm³/mol. The summed E-state index contributed by atoms with van der Waals surface area (Å²) in [4.78, 5) is 4.95. The second-order valence-electron chi connectivity index (χ2n) is 5.48. The van der Waals surface area contributed by atoms with Crippen molar-refractivity contribution < 1.29 is 4.84 Å². The van der Waals surface area contributed by atoms with Gasteiger partial charge < -0.3 is 4.84 Å². The molecule has 2 nitrogen and oxygen atoms in total. The number of hydrogen-bond acceptors (Lipinski definition) is 2. The molecule has 0 saturated heterocycles. The van der Waals surface area contributed by atoms with Crippen molar-refractivity contribution in [2.75, 3.05) is 7.11 Å². The average Bonchev–Trinajstić information content (AvgIpc) is 2.52. The SMILES string of the molecule is CON=C(CC(C)(C)C)C1CCCC1. The Morgan fingerprint density at radius 2 is 1.86 bits per heavy atom. The van der Waals surface area contributed by atoms with Crippen LogP contribution in [0.4, 0.5) is 0 Å². The van der Waals surface area contributed by atoms with E-state index < -0.39 is 0 Å². The van der Waals surface area contributed by atoms with Gasteiger partial charge in [0, 0.05) is 5.92 Å². The fourth-order valence-electron chi connectivity index (χ4n) is 2.17. The molecule has 0 radical (unpaired) electrons. The van der Waals surface area contributed by atoms with Crippen molar-refractivity contribution in [2.24, 2.45) is 16.5 Å². The topological polar surface area (TPSA) is 21.6 Å². The van der Waals surface area contributed by atoms with Crippen LogP contribution in [0.3, 0.4) is 0 Å². The van der Waals surface area contributed by atoms with Gasteiger partial charge in [0.05, 0.1) is 5.71 Å². The van der Waals surface area contributed by atoms with Crippen LogP contribution in [0.2, 0.25) is 0 Å². The molecular weight excluding hydrogens is 174 g/mol. The van der Waals surface area contributed by atoms with Crippen molar-refractivity contribution in [3.8, 4) is 0 Å². The molecule has 0 atom stereocenters. The van der Waals surface area contributed by atoms with Gasteiger partial charge in [0.15, 0.2) is 0 Å². The van der Waals surface area contributed by atoms with Gasteiger partial charge in [0.1, 0.15) is 7.11 Å². The van der Waals surface area contributed by atoms with Gasteiger partial charge in [-0.15, -0.1) is 0 Å². The van der Waals surface area contributed by atoms with Gasteiger partial charge >= 0.3 is 0 Å². The van der Waals surface area contributed by atoms with Crippen LogP contribution < -0.4 is 0 Å². The summed E-state index contributed by atoms with van der Waals surface area (Å²) in [5.74, 6) is 0.689. The Morgan fingerprint density at radius 3 is 2.29 bits per heavy atom. The Labute approximate surface area is 87.7 Å². The number of hydrogen-bond donors (Lipinski definition) is 0. The average molecular weight is 197 g/mol. The minimum atomic E-state index is 0.319. The Morgan fingerprint density at radius 1 is 1.29 bits per heavy atom. The smallest absolute Gasteiger partial charge is 0.106 e. The van der Waals surface area contributed by atoms with E-state index in [4.69, 9.17) is 4.84 Å². The van der Waals surface area contributed by atoms with Crippen LogP contribution in [0.25, 0.3) is 0 Å². The Balaban J connectivity index is 2.59. The van der Waals surface area contributed by atoms with Crippen molar-refractivity contribution in [3.63, 3.8) is 0 Å². The van der Waals surface area contributed by atoms with Crippen LogP contribution in [0, 0.1) is 11.3 Å². The third kappa shape index (κ3) is 3.69. The summed E-state index contributed by atoms with van der Waals surface area (Å²) in [5, 5.41) is 4.21. The summed E-state index contributed by atoms with van der Waals surface area (Å²) in [5.41, 5.74) is 1.59. The van der Waals surface area contributed by atoms with E-state index in [2.05, 4.69) is 25.9 Å². The first-order valence-electron chi connectivity index (χ1n) is 5.63. The zero-order valence-electron chi connectivity index (χ0n) is 9.97. The van der Waals surface area contributed by atoms with E-state index in [0.717, 1.165) is 6.42 Å². The highest BCUT2D eigenvalue weighted by molar-refractivity contribution is 5.87. The first kappa shape index (κ1) is 11.5. The second-order valence-corrected chi connectivity index (χ2v) is 5.48. The van der Waals surface area contributed by atoms with E-state index in [1.165, 1.54) is 31.4 Å². The Bertz CT molecular complexity index is 197. The zero-order valence-corrected chi connectivity index (χ0v) is 9.97. The highest BCUT2D eigenvalue weighted by atomic mass is 16.6. The molecule has 0 aromatic rings. The minimum absolute atomic E-state index is 0.319. The molecule has 0 amide bonds. The molecule has 1 fully saturated rings. The summed E-state index contributed by atoms with van der Waals surface area (Å²) in [6.45, 7) is 6.77. The molecule has 2 heteroatoms. The summed E-state index contributed by atoms with van der Waals surface area (Å²) in [6, 6.07) is 0. The maximum absolute atomic E-state index is 4.95. The summed E-state index contributed by atoms with van der Waals surface area (Å²) < 4.78 is 0. The number of nitrogens with zero attached hydrogens (tertiary/aromatic N) is 1. The molecule has 0 spiro atoms. The van der Waals surface area contributed by atoms with E-state index in [-0.39, 0.29) is 0 Å². The largest absolute Gasteiger partial charge is 0.399 e. The maximum Gasteiger partial charge on any atom is 0.106 e. The van der Waals surface area contributed by atoms with Crippen molar-refractivity contribution in [1.82, 2.24) is 0 Å². The monoisotopic (exact) mass is 197 g/mol. The van der Waals surface area contributed by atoms with E-state index in [0.29, 0.717) is 11.3 Å². The van der Waals surface area contributed by atoms with Crippen LogP contribution in [0.5, 0.6) is 0 Å². The first-order chi connectivity index (χ1) is 6.53. The van der Waals surface area contributed by atoms with Crippen molar-refractivity contribution in [2.45, 2.75) is 52.9 Å². The molecule has 0 aromatic carbocycles. The zero-order chi connectivity index (χ0) is 10.6. The number of oxime groups is 1. The summed E-state index contributed by atoms with van der Waals surface area (Å²) >= 11 is 0. The lowest BCUT2D eigenvalue weighted by Crippen LogP contribution is -2.19. The van der Waals surface area contributed by atoms with E-state index in [9.17, 15) is 0 Å².